The Morgan fingerprint density at radius 3 is 2.59 bits per heavy atom. The van der Waals surface area contributed by atoms with E-state index in [1.165, 1.54) is 30.0 Å². The van der Waals surface area contributed by atoms with Crippen LogP contribution in [0.1, 0.15) is 32.7 Å². The van der Waals surface area contributed by atoms with E-state index in [2.05, 4.69) is 15.5 Å². The fourth-order valence-electron chi connectivity index (χ4n) is 2.93. The molecular formula is C22H23ClF2N4O2S. The van der Waals surface area contributed by atoms with Crippen molar-refractivity contribution < 1.29 is 18.3 Å². The standard InChI is InChI=1S/C22H23ClF2N4O2S/c1-13(2)11-29-21(14(3)31-19-7-5-4-6-16(19)24)27-28-22(29)32-12-20(30)26-18-9-8-15(23)10-17(18)25/h4-10,13-14H,11-12H2,1-3H3,(H,26,30). The molecule has 0 aliphatic heterocycles. The molecule has 3 rings (SSSR count). The predicted molar refractivity (Wildman–Crippen MR) is 121 cm³/mol. The molecule has 3 aromatic rings. The zero-order valence-electron chi connectivity index (χ0n) is 17.8. The molecule has 1 aromatic heterocycles. The Kier molecular flexibility index (Phi) is 8.09. The number of nitrogens with one attached hydrogen (secondary N) is 1. The maximum Gasteiger partial charge on any atom is 0.234 e. The minimum Gasteiger partial charge on any atom is -0.480 e. The van der Waals surface area contributed by atoms with Gasteiger partial charge in [0.1, 0.15) is 5.82 Å². The largest absolute Gasteiger partial charge is 0.480 e. The number of rotatable bonds is 9. The lowest BCUT2D eigenvalue weighted by Crippen LogP contribution is -2.17. The number of amides is 1. The number of nitrogens with zero attached hydrogens (tertiary/aromatic N) is 3. The molecule has 1 N–H and O–H groups in total. The predicted octanol–water partition coefficient (Wildman–Crippen LogP) is 5.74. The molecule has 1 atom stereocenters. The Morgan fingerprint density at radius 2 is 1.91 bits per heavy atom. The Bertz CT molecular complexity index is 1090. The van der Waals surface area contributed by atoms with Crippen LogP contribution in [0.3, 0.4) is 0 Å². The molecule has 0 aliphatic rings. The molecule has 0 bridgehead atoms. The van der Waals surface area contributed by atoms with Crippen molar-refractivity contribution in [3.63, 3.8) is 0 Å². The highest BCUT2D eigenvalue weighted by Gasteiger charge is 2.22. The van der Waals surface area contributed by atoms with Crippen molar-refractivity contribution in [3.8, 4) is 5.75 Å². The molecular weight excluding hydrogens is 458 g/mol. The summed E-state index contributed by atoms with van der Waals surface area (Å²) in [5, 5.41) is 11.7. The Labute approximate surface area is 194 Å². The first-order chi connectivity index (χ1) is 15.2. The van der Waals surface area contributed by atoms with Crippen molar-refractivity contribution in [2.75, 3.05) is 11.1 Å². The molecule has 0 saturated carbocycles. The van der Waals surface area contributed by atoms with Gasteiger partial charge in [0.25, 0.3) is 0 Å². The summed E-state index contributed by atoms with van der Waals surface area (Å²) in [7, 11) is 0. The van der Waals surface area contributed by atoms with Crippen molar-refractivity contribution in [1.82, 2.24) is 14.8 Å². The second kappa shape index (κ2) is 10.8. The van der Waals surface area contributed by atoms with Crippen molar-refractivity contribution in [3.05, 3.63) is 64.9 Å². The van der Waals surface area contributed by atoms with E-state index in [1.807, 2.05) is 18.4 Å². The molecule has 1 amide bonds. The van der Waals surface area contributed by atoms with Gasteiger partial charge in [0.15, 0.2) is 28.7 Å². The van der Waals surface area contributed by atoms with E-state index in [0.717, 1.165) is 6.07 Å². The van der Waals surface area contributed by atoms with E-state index < -0.39 is 23.6 Å². The van der Waals surface area contributed by atoms with Crippen LogP contribution < -0.4 is 10.1 Å². The van der Waals surface area contributed by atoms with Gasteiger partial charge in [0.05, 0.1) is 11.4 Å². The minimum atomic E-state index is -0.611. The second-order valence-corrected chi connectivity index (χ2v) is 8.88. The van der Waals surface area contributed by atoms with Crippen LogP contribution in [0.15, 0.2) is 47.6 Å². The molecule has 0 radical (unpaired) electrons. The van der Waals surface area contributed by atoms with E-state index in [9.17, 15) is 13.6 Å². The average Bonchev–Trinajstić information content (AvgIpc) is 3.12. The highest BCUT2D eigenvalue weighted by atomic mass is 35.5. The molecule has 1 heterocycles. The van der Waals surface area contributed by atoms with Crippen LogP contribution in [-0.4, -0.2) is 26.4 Å². The van der Waals surface area contributed by atoms with Gasteiger partial charge in [-0.25, -0.2) is 8.78 Å². The SMILES string of the molecule is CC(C)Cn1c(SCC(=O)Nc2ccc(Cl)cc2F)nnc1C(C)Oc1ccccc1F. The van der Waals surface area contributed by atoms with E-state index in [4.69, 9.17) is 16.3 Å². The molecule has 0 spiro atoms. The van der Waals surface area contributed by atoms with Crippen LogP contribution in [0.25, 0.3) is 0 Å². The summed E-state index contributed by atoms with van der Waals surface area (Å²) in [4.78, 5) is 12.3. The number of hydrogen-bond acceptors (Lipinski definition) is 5. The molecule has 2 aromatic carbocycles. The van der Waals surface area contributed by atoms with Crippen LogP contribution in [0, 0.1) is 17.6 Å². The number of halogens is 3. The van der Waals surface area contributed by atoms with Gasteiger partial charge in [-0.05, 0) is 43.2 Å². The summed E-state index contributed by atoms with van der Waals surface area (Å²) >= 11 is 6.91. The number of benzene rings is 2. The van der Waals surface area contributed by atoms with Gasteiger partial charge < -0.3 is 14.6 Å². The van der Waals surface area contributed by atoms with Crippen molar-refractivity contribution in [2.24, 2.45) is 5.92 Å². The molecule has 0 saturated heterocycles. The fraction of sp³-hybridized carbons (Fsp3) is 0.318. The highest BCUT2D eigenvalue weighted by Crippen LogP contribution is 2.27. The molecule has 10 heteroatoms. The molecule has 32 heavy (non-hydrogen) atoms. The Balaban J connectivity index is 1.71. The van der Waals surface area contributed by atoms with Gasteiger partial charge in [-0.1, -0.05) is 49.3 Å². The molecule has 170 valence electrons. The average molecular weight is 481 g/mol. The van der Waals surface area contributed by atoms with E-state index >= 15 is 0 Å². The summed E-state index contributed by atoms with van der Waals surface area (Å²) in [5.41, 5.74) is 0.0521. The topological polar surface area (TPSA) is 69.0 Å². The third kappa shape index (κ3) is 6.20. The minimum absolute atomic E-state index is 0.000840. The number of carbonyl (C=O) groups excluding carboxylic acids is 1. The molecule has 6 nitrogen and oxygen atoms in total. The summed E-state index contributed by atoms with van der Waals surface area (Å²) < 4.78 is 35.5. The monoisotopic (exact) mass is 480 g/mol. The van der Waals surface area contributed by atoms with Crippen LogP contribution in [0.4, 0.5) is 14.5 Å². The third-order valence-electron chi connectivity index (χ3n) is 4.33. The maximum atomic E-state index is 14.0. The number of para-hydroxylation sites is 1. The lowest BCUT2D eigenvalue weighted by Gasteiger charge is -2.18. The zero-order chi connectivity index (χ0) is 23.3. The molecule has 0 fully saturated rings. The number of ether oxygens (including phenoxy) is 1. The third-order valence-corrected chi connectivity index (χ3v) is 5.54. The van der Waals surface area contributed by atoms with Crippen molar-refractivity contribution >= 4 is 35.0 Å². The normalized spacial score (nSPS) is 12.1. The van der Waals surface area contributed by atoms with Gasteiger partial charge in [0.2, 0.25) is 5.91 Å². The van der Waals surface area contributed by atoms with E-state index in [0.29, 0.717) is 17.5 Å². The van der Waals surface area contributed by atoms with Gasteiger partial charge in [-0.2, -0.15) is 0 Å². The second-order valence-electron chi connectivity index (χ2n) is 7.50. The first-order valence-corrected chi connectivity index (χ1v) is 11.3. The van der Waals surface area contributed by atoms with Crippen molar-refractivity contribution in [1.29, 1.82) is 0 Å². The molecule has 0 aliphatic carbocycles. The Morgan fingerprint density at radius 1 is 1.16 bits per heavy atom. The summed E-state index contributed by atoms with van der Waals surface area (Å²) in [5.74, 6) is -0.559. The fourth-order valence-corrected chi connectivity index (χ4v) is 3.85. The van der Waals surface area contributed by atoms with Gasteiger partial charge in [-0.15, -0.1) is 10.2 Å². The quantitative estimate of drug-likeness (QED) is 0.396. The smallest absolute Gasteiger partial charge is 0.234 e. The summed E-state index contributed by atoms with van der Waals surface area (Å²) in [6.07, 6.45) is -0.565. The number of thioether (sulfide) groups is 1. The first-order valence-electron chi connectivity index (χ1n) is 9.96. The van der Waals surface area contributed by atoms with Gasteiger partial charge >= 0.3 is 0 Å². The summed E-state index contributed by atoms with van der Waals surface area (Å²) in [6, 6.07) is 10.2. The number of anilines is 1. The number of hydrogen-bond donors (Lipinski definition) is 1. The van der Waals surface area contributed by atoms with Crippen LogP contribution in [0.2, 0.25) is 5.02 Å². The van der Waals surface area contributed by atoms with Crippen LogP contribution in [-0.2, 0) is 11.3 Å². The maximum absolute atomic E-state index is 14.0. The van der Waals surface area contributed by atoms with Gasteiger partial charge in [-0.3, -0.25) is 4.79 Å². The zero-order valence-corrected chi connectivity index (χ0v) is 19.4. The molecule has 1 unspecified atom stereocenters. The van der Waals surface area contributed by atoms with Crippen LogP contribution in [0.5, 0.6) is 5.75 Å². The van der Waals surface area contributed by atoms with E-state index in [1.54, 1.807) is 25.1 Å². The lowest BCUT2D eigenvalue weighted by atomic mass is 10.2. The Hall–Kier alpha value is -2.65. The number of carbonyl (C=O) groups is 1. The highest BCUT2D eigenvalue weighted by molar-refractivity contribution is 7.99. The van der Waals surface area contributed by atoms with Gasteiger partial charge in [0, 0.05) is 11.6 Å². The lowest BCUT2D eigenvalue weighted by molar-refractivity contribution is -0.113. The summed E-state index contributed by atoms with van der Waals surface area (Å²) in [6.45, 7) is 6.42. The first kappa shape index (κ1) is 24.0. The van der Waals surface area contributed by atoms with Crippen molar-refractivity contribution in [2.45, 2.75) is 38.6 Å². The van der Waals surface area contributed by atoms with E-state index in [-0.39, 0.29) is 28.1 Å². The van der Waals surface area contributed by atoms with Crippen LogP contribution >= 0.6 is 23.4 Å². The number of aromatic nitrogens is 3.